The van der Waals surface area contributed by atoms with E-state index >= 15 is 0 Å². The maximum absolute atomic E-state index is 10.4. The minimum Gasteiger partial charge on any atom is -0.391 e. The lowest BCUT2D eigenvalue weighted by molar-refractivity contribution is 0.145. The van der Waals surface area contributed by atoms with E-state index in [1.54, 1.807) is 6.20 Å². The molecule has 0 bridgehead atoms. The van der Waals surface area contributed by atoms with Gasteiger partial charge in [0.25, 0.3) is 0 Å². The molecule has 1 aliphatic rings. The number of aliphatic hydroxyl groups is 1. The van der Waals surface area contributed by atoms with Crippen LogP contribution < -0.4 is 5.32 Å². The second-order valence-electron chi connectivity index (χ2n) is 7.60. The van der Waals surface area contributed by atoms with Crippen LogP contribution >= 0.6 is 0 Å². The highest BCUT2D eigenvalue weighted by atomic mass is 16.3. The second-order valence-corrected chi connectivity index (χ2v) is 7.60. The summed E-state index contributed by atoms with van der Waals surface area (Å²) >= 11 is 0. The van der Waals surface area contributed by atoms with Crippen molar-refractivity contribution in [3.8, 4) is 5.69 Å². The van der Waals surface area contributed by atoms with Crippen molar-refractivity contribution in [2.24, 2.45) is 5.92 Å². The molecule has 2 N–H and O–H groups in total. The first-order chi connectivity index (χ1) is 13.1. The minimum absolute atomic E-state index is 0.150. The fraction of sp³-hybridized carbons (Fsp3) is 0.429. The van der Waals surface area contributed by atoms with Crippen molar-refractivity contribution >= 4 is 0 Å². The molecule has 0 amide bonds. The van der Waals surface area contributed by atoms with E-state index in [0.29, 0.717) is 5.92 Å². The molecule has 1 saturated carbocycles. The third-order valence-corrected chi connectivity index (χ3v) is 5.69. The number of aryl methyl sites for hydroxylation is 1. The van der Waals surface area contributed by atoms with Crippen molar-refractivity contribution in [2.45, 2.75) is 51.9 Å². The van der Waals surface area contributed by atoms with Gasteiger partial charge in [0.05, 0.1) is 24.5 Å². The Morgan fingerprint density at radius 2 is 1.96 bits per heavy atom. The first-order valence-corrected chi connectivity index (χ1v) is 9.57. The van der Waals surface area contributed by atoms with Gasteiger partial charge in [-0.05, 0) is 50.3 Å². The monoisotopic (exact) mass is 365 g/mol. The summed E-state index contributed by atoms with van der Waals surface area (Å²) in [6.07, 6.45) is 9.05. The highest BCUT2D eigenvalue weighted by molar-refractivity contribution is 5.37. The zero-order valence-electron chi connectivity index (χ0n) is 15.9. The Kier molecular flexibility index (Phi) is 5.09. The fourth-order valence-corrected chi connectivity index (χ4v) is 3.96. The van der Waals surface area contributed by atoms with E-state index in [4.69, 9.17) is 0 Å². The molecule has 0 saturated heterocycles. The molecular formula is C21H27N5O. The van der Waals surface area contributed by atoms with Crippen LogP contribution in [-0.4, -0.2) is 36.4 Å². The van der Waals surface area contributed by atoms with Gasteiger partial charge in [0, 0.05) is 42.9 Å². The molecule has 6 heteroatoms. The maximum Gasteiger partial charge on any atom is 0.0997 e. The van der Waals surface area contributed by atoms with Crippen LogP contribution in [0.1, 0.15) is 29.8 Å². The first kappa shape index (κ1) is 17.9. The van der Waals surface area contributed by atoms with Gasteiger partial charge >= 0.3 is 0 Å². The van der Waals surface area contributed by atoms with Gasteiger partial charge < -0.3 is 19.6 Å². The van der Waals surface area contributed by atoms with E-state index in [-0.39, 0.29) is 12.1 Å². The average Bonchev–Trinajstić information content (AvgIpc) is 3.37. The number of benzene rings is 1. The maximum atomic E-state index is 10.4. The summed E-state index contributed by atoms with van der Waals surface area (Å²) in [5.41, 5.74) is 4.57. The standard InChI is InChI=1S/C21H27N5O/c1-15-16(2)26(14-24-15)19-5-3-17(4-6-19)11-23-20-9-18(10-21(20)27)12-25-8-7-22-13-25/h3-8,13-14,18,20-21,23,27H,9-12H2,1-2H3/t18?,20-,21-/m1/s1. The number of nitrogens with one attached hydrogen (secondary N) is 1. The zero-order chi connectivity index (χ0) is 18.8. The van der Waals surface area contributed by atoms with Crippen molar-refractivity contribution in [3.05, 3.63) is 66.3 Å². The van der Waals surface area contributed by atoms with E-state index in [1.807, 2.05) is 25.8 Å². The molecule has 2 heterocycles. The largest absolute Gasteiger partial charge is 0.391 e. The summed E-state index contributed by atoms with van der Waals surface area (Å²) in [5, 5.41) is 13.9. The van der Waals surface area contributed by atoms with Crippen LogP contribution in [0.3, 0.4) is 0 Å². The van der Waals surface area contributed by atoms with Crippen LogP contribution in [0.5, 0.6) is 0 Å². The van der Waals surface area contributed by atoms with Crippen molar-refractivity contribution < 1.29 is 5.11 Å². The lowest BCUT2D eigenvalue weighted by atomic mass is 10.1. The van der Waals surface area contributed by atoms with Gasteiger partial charge in [0.1, 0.15) is 0 Å². The zero-order valence-corrected chi connectivity index (χ0v) is 15.9. The molecule has 3 aromatic rings. The SMILES string of the molecule is Cc1ncn(-c2ccc(CN[C@@H]3CC(Cn4ccnc4)C[C@H]3O)cc2)c1C. The van der Waals surface area contributed by atoms with E-state index in [9.17, 15) is 5.11 Å². The van der Waals surface area contributed by atoms with Crippen LogP contribution in [0.25, 0.3) is 5.69 Å². The van der Waals surface area contributed by atoms with Gasteiger partial charge in [-0.25, -0.2) is 9.97 Å². The predicted octanol–water partition coefficient (Wildman–Crippen LogP) is 2.61. The number of rotatable bonds is 6. The van der Waals surface area contributed by atoms with E-state index < -0.39 is 0 Å². The van der Waals surface area contributed by atoms with Gasteiger partial charge in [0.15, 0.2) is 0 Å². The van der Waals surface area contributed by atoms with Gasteiger partial charge in [-0.3, -0.25) is 0 Å². The quantitative estimate of drug-likeness (QED) is 0.705. The molecule has 1 aliphatic carbocycles. The van der Waals surface area contributed by atoms with Crippen molar-refractivity contribution in [2.75, 3.05) is 0 Å². The summed E-state index contributed by atoms with van der Waals surface area (Å²) in [4.78, 5) is 8.46. The highest BCUT2D eigenvalue weighted by Crippen LogP contribution is 2.28. The normalized spacial score (nSPS) is 22.4. The van der Waals surface area contributed by atoms with Gasteiger partial charge in [-0.15, -0.1) is 0 Å². The van der Waals surface area contributed by atoms with Crippen LogP contribution in [0, 0.1) is 19.8 Å². The second kappa shape index (κ2) is 7.66. The molecule has 1 aromatic carbocycles. The summed E-state index contributed by atoms with van der Waals surface area (Å²) in [6.45, 7) is 5.80. The molecule has 0 spiro atoms. The van der Waals surface area contributed by atoms with E-state index in [1.165, 1.54) is 11.3 Å². The summed E-state index contributed by atoms with van der Waals surface area (Å²) < 4.78 is 4.20. The molecular weight excluding hydrogens is 338 g/mol. The minimum atomic E-state index is -0.283. The van der Waals surface area contributed by atoms with Crippen molar-refractivity contribution in [1.82, 2.24) is 24.4 Å². The van der Waals surface area contributed by atoms with E-state index in [0.717, 1.165) is 37.3 Å². The molecule has 0 radical (unpaired) electrons. The van der Waals surface area contributed by atoms with Crippen molar-refractivity contribution in [3.63, 3.8) is 0 Å². The van der Waals surface area contributed by atoms with Crippen LogP contribution in [-0.2, 0) is 13.1 Å². The molecule has 142 valence electrons. The predicted molar refractivity (Wildman–Crippen MR) is 105 cm³/mol. The number of nitrogens with zero attached hydrogens (tertiary/aromatic N) is 4. The lowest BCUT2D eigenvalue weighted by Crippen LogP contribution is -2.35. The molecule has 6 nitrogen and oxygen atoms in total. The molecule has 4 rings (SSSR count). The number of aromatic nitrogens is 4. The Balaban J connectivity index is 1.33. The topological polar surface area (TPSA) is 67.9 Å². The van der Waals surface area contributed by atoms with Crippen LogP contribution in [0.15, 0.2) is 49.3 Å². The molecule has 2 aromatic heterocycles. The van der Waals surface area contributed by atoms with Crippen molar-refractivity contribution in [1.29, 1.82) is 0 Å². The smallest absolute Gasteiger partial charge is 0.0997 e. The fourth-order valence-electron chi connectivity index (χ4n) is 3.96. The van der Waals surface area contributed by atoms with Crippen LogP contribution in [0.2, 0.25) is 0 Å². The van der Waals surface area contributed by atoms with Gasteiger partial charge in [-0.1, -0.05) is 12.1 Å². The van der Waals surface area contributed by atoms with Crippen LogP contribution in [0.4, 0.5) is 0 Å². The summed E-state index contributed by atoms with van der Waals surface area (Å²) in [6, 6.07) is 8.68. The third-order valence-electron chi connectivity index (χ3n) is 5.69. The third kappa shape index (κ3) is 3.96. The van der Waals surface area contributed by atoms with Gasteiger partial charge in [-0.2, -0.15) is 0 Å². The lowest BCUT2D eigenvalue weighted by Gasteiger charge is -2.17. The summed E-state index contributed by atoms with van der Waals surface area (Å²) in [7, 11) is 0. The Bertz CT molecular complexity index is 869. The average molecular weight is 365 g/mol. The molecule has 3 atom stereocenters. The molecule has 27 heavy (non-hydrogen) atoms. The number of hydrogen-bond donors (Lipinski definition) is 2. The molecule has 0 aliphatic heterocycles. The molecule has 1 unspecified atom stereocenters. The first-order valence-electron chi connectivity index (χ1n) is 9.57. The van der Waals surface area contributed by atoms with Gasteiger partial charge in [0.2, 0.25) is 0 Å². The number of aliphatic hydroxyl groups excluding tert-OH is 1. The molecule has 1 fully saturated rings. The Morgan fingerprint density at radius 1 is 1.15 bits per heavy atom. The van der Waals surface area contributed by atoms with E-state index in [2.05, 4.69) is 55.6 Å². The number of imidazole rings is 2. The summed E-state index contributed by atoms with van der Waals surface area (Å²) in [5.74, 6) is 0.488. The Morgan fingerprint density at radius 3 is 2.63 bits per heavy atom. The number of hydrogen-bond acceptors (Lipinski definition) is 4. The highest BCUT2D eigenvalue weighted by Gasteiger charge is 2.32. The Labute approximate surface area is 159 Å². The Hall–Kier alpha value is -2.44.